The summed E-state index contributed by atoms with van der Waals surface area (Å²) in [7, 11) is 0. The molecule has 0 aromatic heterocycles. The molecule has 1 N–H and O–H groups in total. The van der Waals surface area contributed by atoms with Gasteiger partial charge >= 0.3 is 0 Å². The first-order valence-corrected chi connectivity index (χ1v) is 5.82. The van der Waals surface area contributed by atoms with Crippen molar-refractivity contribution < 1.29 is 0 Å². The molecule has 0 aromatic carbocycles. The van der Waals surface area contributed by atoms with Crippen LogP contribution in [0.15, 0.2) is 0 Å². The van der Waals surface area contributed by atoms with Crippen LogP contribution in [0.25, 0.3) is 0 Å². The molecule has 0 spiro atoms. The van der Waals surface area contributed by atoms with Gasteiger partial charge in [-0.05, 0) is 32.6 Å². The number of hydrogen-bond donors (Lipinski definition) is 1. The molecule has 0 saturated carbocycles. The highest BCUT2D eigenvalue weighted by Gasteiger charge is 2.17. The first-order valence-electron chi connectivity index (χ1n) is 5.41. The van der Waals surface area contributed by atoms with Crippen molar-refractivity contribution in [2.75, 3.05) is 32.7 Å². The van der Waals surface area contributed by atoms with Crippen molar-refractivity contribution in [2.45, 2.75) is 26.8 Å². The van der Waals surface area contributed by atoms with Crippen LogP contribution in [-0.4, -0.2) is 53.7 Å². The number of rotatable bonds is 2. The summed E-state index contributed by atoms with van der Waals surface area (Å²) in [4.78, 5) is 4.72. The minimum absolute atomic E-state index is 0.437. The van der Waals surface area contributed by atoms with Gasteiger partial charge in [-0.1, -0.05) is 6.92 Å². The minimum atomic E-state index is 0.437. The van der Waals surface area contributed by atoms with Gasteiger partial charge in [0, 0.05) is 32.2 Å². The number of thiocarbonyl (C=S) groups is 1. The largest absolute Gasteiger partial charge is 0.360 e. The highest BCUT2D eigenvalue weighted by molar-refractivity contribution is 7.80. The van der Waals surface area contributed by atoms with Gasteiger partial charge in [0.25, 0.3) is 0 Å². The lowest BCUT2D eigenvalue weighted by molar-refractivity contribution is 0.188. The summed E-state index contributed by atoms with van der Waals surface area (Å²) in [5.74, 6) is 0. The molecule has 14 heavy (non-hydrogen) atoms. The maximum absolute atomic E-state index is 5.32. The van der Waals surface area contributed by atoms with E-state index in [2.05, 4.69) is 35.9 Å². The van der Waals surface area contributed by atoms with Crippen LogP contribution in [0.4, 0.5) is 0 Å². The van der Waals surface area contributed by atoms with Crippen molar-refractivity contribution in [1.82, 2.24) is 15.1 Å². The molecule has 4 heteroatoms. The van der Waals surface area contributed by atoms with E-state index < -0.39 is 0 Å². The topological polar surface area (TPSA) is 18.5 Å². The second-order valence-corrected chi connectivity index (χ2v) is 4.41. The summed E-state index contributed by atoms with van der Waals surface area (Å²) in [6.45, 7) is 12.0. The first-order chi connectivity index (χ1) is 6.63. The van der Waals surface area contributed by atoms with Gasteiger partial charge in [-0.15, -0.1) is 0 Å². The molecule has 0 aliphatic carbocycles. The van der Waals surface area contributed by atoms with Crippen LogP contribution in [0.2, 0.25) is 0 Å². The van der Waals surface area contributed by atoms with E-state index in [1.807, 2.05) is 0 Å². The third-order valence-electron chi connectivity index (χ3n) is 2.52. The number of hydrogen-bond acceptors (Lipinski definition) is 2. The van der Waals surface area contributed by atoms with Gasteiger partial charge in [0.2, 0.25) is 0 Å². The van der Waals surface area contributed by atoms with Crippen molar-refractivity contribution >= 4 is 17.3 Å². The van der Waals surface area contributed by atoms with Crippen molar-refractivity contribution in [3.8, 4) is 0 Å². The Kier molecular flexibility index (Phi) is 4.62. The second kappa shape index (κ2) is 5.51. The summed E-state index contributed by atoms with van der Waals surface area (Å²) in [5, 5.41) is 4.20. The molecule has 0 bridgehead atoms. The van der Waals surface area contributed by atoms with Crippen LogP contribution in [0.3, 0.4) is 0 Å². The fraction of sp³-hybridized carbons (Fsp3) is 0.900. The third-order valence-corrected chi connectivity index (χ3v) is 2.89. The fourth-order valence-electron chi connectivity index (χ4n) is 1.61. The van der Waals surface area contributed by atoms with E-state index >= 15 is 0 Å². The zero-order valence-electron chi connectivity index (χ0n) is 9.42. The van der Waals surface area contributed by atoms with Crippen molar-refractivity contribution in [1.29, 1.82) is 0 Å². The molecule has 1 rings (SSSR count). The van der Waals surface area contributed by atoms with E-state index in [1.54, 1.807) is 0 Å². The Hall–Kier alpha value is -0.350. The Morgan fingerprint density at radius 3 is 2.29 bits per heavy atom. The molecule has 0 radical (unpaired) electrons. The maximum Gasteiger partial charge on any atom is 0.169 e. The molecule has 0 unspecified atom stereocenters. The lowest BCUT2D eigenvalue weighted by Crippen LogP contribution is -2.52. The predicted octanol–water partition coefficient (Wildman–Crippen LogP) is 0.907. The molecule has 3 nitrogen and oxygen atoms in total. The van der Waals surface area contributed by atoms with Gasteiger partial charge < -0.3 is 15.1 Å². The molecule has 1 aliphatic heterocycles. The molecule has 1 saturated heterocycles. The first kappa shape index (κ1) is 11.7. The SMILES string of the molecule is CCN1CCN(C(=S)NC(C)C)CC1. The number of likely N-dealkylation sites (N-methyl/N-ethyl adjacent to an activating group) is 1. The van der Waals surface area contributed by atoms with Crippen molar-refractivity contribution in [3.63, 3.8) is 0 Å². The van der Waals surface area contributed by atoms with Crippen LogP contribution in [0.5, 0.6) is 0 Å². The van der Waals surface area contributed by atoms with E-state index in [4.69, 9.17) is 12.2 Å². The van der Waals surface area contributed by atoms with Crippen molar-refractivity contribution in [2.24, 2.45) is 0 Å². The Labute approximate surface area is 92.4 Å². The second-order valence-electron chi connectivity index (χ2n) is 4.03. The molecule has 82 valence electrons. The normalized spacial score (nSPS) is 18.7. The van der Waals surface area contributed by atoms with Gasteiger partial charge in [0.05, 0.1) is 0 Å². The Bertz CT molecular complexity index is 186. The van der Waals surface area contributed by atoms with Gasteiger partial charge in [-0.3, -0.25) is 0 Å². The maximum atomic E-state index is 5.32. The van der Waals surface area contributed by atoms with E-state index in [0.29, 0.717) is 6.04 Å². The molecule has 0 amide bonds. The summed E-state index contributed by atoms with van der Waals surface area (Å²) in [6.07, 6.45) is 0. The van der Waals surface area contributed by atoms with Gasteiger partial charge in [-0.25, -0.2) is 0 Å². The lowest BCUT2D eigenvalue weighted by atomic mass is 10.3. The van der Waals surface area contributed by atoms with E-state index in [0.717, 1.165) is 37.8 Å². The van der Waals surface area contributed by atoms with Crippen LogP contribution in [0, 0.1) is 0 Å². The minimum Gasteiger partial charge on any atom is -0.360 e. The zero-order valence-corrected chi connectivity index (χ0v) is 10.2. The Morgan fingerprint density at radius 1 is 1.29 bits per heavy atom. The molecule has 0 atom stereocenters. The van der Waals surface area contributed by atoms with Crippen LogP contribution < -0.4 is 5.32 Å². The van der Waals surface area contributed by atoms with Gasteiger partial charge in [0.1, 0.15) is 0 Å². The molecule has 1 fully saturated rings. The average molecular weight is 215 g/mol. The van der Waals surface area contributed by atoms with Gasteiger partial charge in [-0.2, -0.15) is 0 Å². The number of nitrogens with zero attached hydrogens (tertiary/aromatic N) is 2. The number of piperazine rings is 1. The van der Waals surface area contributed by atoms with Gasteiger partial charge in [0.15, 0.2) is 5.11 Å². The molecule has 1 heterocycles. The smallest absolute Gasteiger partial charge is 0.169 e. The van der Waals surface area contributed by atoms with E-state index in [9.17, 15) is 0 Å². The summed E-state index contributed by atoms with van der Waals surface area (Å²) < 4.78 is 0. The van der Waals surface area contributed by atoms with Crippen LogP contribution in [0.1, 0.15) is 20.8 Å². The standard InChI is InChI=1S/C10H21N3S/c1-4-12-5-7-13(8-6-12)10(14)11-9(2)3/h9H,4-8H2,1-3H3,(H,11,14). The lowest BCUT2D eigenvalue weighted by Gasteiger charge is -2.36. The summed E-state index contributed by atoms with van der Waals surface area (Å²) >= 11 is 5.32. The summed E-state index contributed by atoms with van der Waals surface area (Å²) in [6, 6.07) is 0.437. The molecule has 0 aromatic rings. The Morgan fingerprint density at radius 2 is 1.86 bits per heavy atom. The van der Waals surface area contributed by atoms with Crippen molar-refractivity contribution in [3.05, 3.63) is 0 Å². The average Bonchev–Trinajstić information content (AvgIpc) is 2.17. The molecule has 1 aliphatic rings. The van der Waals surface area contributed by atoms with E-state index in [1.165, 1.54) is 0 Å². The van der Waals surface area contributed by atoms with Crippen LogP contribution in [-0.2, 0) is 0 Å². The highest BCUT2D eigenvalue weighted by atomic mass is 32.1. The molecular formula is C10H21N3S. The van der Waals surface area contributed by atoms with Crippen LogP contribution >= 0.6 is 12.2 Å². The van der Waals surface area contributed by atoms with E-state index in [-0.39, 0.29) is 0 Å². The molecular weight excluding hydrogens is 194 g/mol. The monoisotopic (exact) mass is 215 g/mol. The summed E-state index contributed by atoms with van der Waals surface area (Å²) in [5.41, 5.74) is 0. The predicted molar refractivity (Wildman–Crippen MR) is 64.6 cm³/mol. The quantitative estimate of drug-likeness (QED) is 0.690. The zero-order chi connectivity index (χ0) is 10.6. The Balaban J connectivity index is 2.30. The third kappa shape index (κ3) is 3.42. The highest BCUT2D eigenvalue weighted by Crippen LogP contribution is 2.01. The fourth-order valence-corrected chi connectivity index (χ4v) is 2.02. The number of nitrogens with one attached hydrogen (secondary N) is 1.